The number of rotatable bonds is 6. The normalized spacial score (nSPS) is 23.8. The number of likely N-dealkylation sites (tertiary alicyclic amines) is 1. The Labute approximate surface area is 128 Å². The Morgan fingerprint density at radius 3 is 2.71 bits per heavy atom. The van der Waals surface area contributed by atoms with Crippen molar-refractivity contribution in [3.05, 3.63) is 18.1 Å². The first-order valence-electron chi connectivity index (χ1n) is 8.65. The molecule has 4 heteroatoms. The monoisotopic (exact) mass is 288 g/mol. The van der Waals surface area contributed by atoms with Gasteiger partial charge in [-0.25, -0.2) is 4.98 Å². The second-order valence-corrected chi connectivity index (χ2v) is 6.54. The molecular formula is C17H28N4. The molecule has 4 nitrogen and oxygen atoms in total. The highest BCUT2D eigenvalue weighted by Gasteiger charge is 2.33. The van der Waals surface area contributed by atoms with Gasteiger partial charge >= 0.3 is 0 Å². The lowest BCUT2D eigenvalue weighted by molar-refractivity contribution is 0.181. The summed E-state index contributed by atoms with van der Waals surface area (Å²) in [7, 11) is 0. The lowest BCUT2D eigenvalue weighted by Gasteiger charge is -2.29. The summed E-state index contributed by atoms with van der Waals surface area (Å²) in [6.45, 7) is 5.33. The minimum Gasteiger partial charge on any atom is -0.369 e. The minimum atomic E-state index is 0.798. The molecule has 1 aliphatic carbocycles. The summed E-state index contributed by atoms with van der Waals surface area (Å²) < 4.78 is 0. The van der Waals surface area contributed by atoms with Gasteiger partial charge in [-0.05, 0) is 44.6 Å². The number of nitrogens with one attached hydrogen (secondary N) is 1. The maximum absolute atomic E-state index is 4.59. The Morgan fingerprint density at radius 2 is 2.00 bits per heavy atom. The number of hydrogen-bond donors (Lipinski definition) is 1. The highest BCUT2D eigenvalue weighted by atomic mass is 15.2. The van der Waals surface area contributed by atoms with E-state index in [1.54, 1.807) is 0 Å². The molecule has 1 saturated heterocycles. The molecule has 3 rings (SSSR count). The van der Waals surface area contributed by atoms with Crippen LogP contribution in [0, 0.1) is 5.92 Å². The molecule has 0 radical (unpaired) electrons. The van der Waals surface area contributed by atoms with Crippen LogP contribution in [0.5, 0.6) is 0 Å². The van der Waals surface area contributed by atoms with Gasteiger partial charge < -0.3 is 5.32 Å². The number of hydrogen-bond acceptors (Lipinski definition) is 4. The van der Waals surface area contributed by atoms with Crippen LogP contribution in [-0.4, -0.2) is 34.0 Å². The summed E-state index contributed by atoms with van der Waals surface area (Å²) in [5.74, 6) is 1.83. The predicted molar refractivity (Wildman–Crippen MR) is 86.2 cm³/mol. The van der Waals surface area contributed by atoms with Crippen molar-refractivity contribution < 1.29 is 0 Å². The topological polar surface area (TPSA) is 41.1 Å². The third-order valence-corrected chi connectivity index (χ3v) is 4.98. The fourth-order valence-electron chi connectivity index (χ4n) is 3.91. The maximum atomic E-state index is 4.59. The second-order valence-electron chi connectivity index (χ2n) is 6.54. The molecule has 1 aromatic rings. The van der Waals surface area contributed by atoms with Crippen LogP contribution in [0.15, 0.2) is 12.4 Å². The lowest BCUT2D eigenvalue weighted by Crippen LogP contribution is -2.34. The van der Waals surface area contributed by atoms with Gasteiger partial charge in [-0.1, -0.05) is 19.8 Å². The highest BCUT2D eigenvalue weighted by molar-refractivity contribution is 5.30. The number of aromatic nitrogens is 2. The zero-order chi connectivity index (χ0) is 14.5. The van der Waals surface area contributed by atoms with E-state index in [0.29, 0.717) is 0 Å². The second kappa shape index (κ2) is 7.21. The van der Waals surface area contributed by atoms with Crippen LogP contribution < -0.4 is 5.32 Å². The van der Waals surface area contributed by atoms with Gasteiger partial charge in [-0.15, -0.1) is 0 Å². The van der Waals surface area contributed by atoms with Crippen molar-refractivity contribution in [3.63, 3.8) is 0 Å². The third kappa shape index (κ3) is 3.73. The Hall–Kier alpha value is -1.16. The molecule has 2 fully saturated rings. The molecule has 1 N–H and O–H groups in total. The van der Waals surface area contributed by atoms with E-state index in [-0.39, 0.29) is 0 Å². The Kier molecular flexibility index (Phi) is 5.07. The van der Waals surface area contributed by atoms with Crippen LogP contribution in [0.2, 0.25) is 0 Å². The summed E-state index contributed by atoms with van der Waals surface area (Å²) in [5.41, 5.74) is 1.11. The molecule has 21 heavy (non-hydrogen) atoms. The smallest absolute Gasteiger partial charge is 0.144 e. The molecule has 1 aromatic heterocycles. The molecule has 0 bridgehead atoms. The van der Waals surface area contributed by atoms with E-state index < -0.39 is 0 Å². The van der Waals surface area contributed by atoms with Gasteiger partial charge in [0.1, 0.15) is 5.82 Å². The van der Waals surface area contributed by atoms with Crippen molar-refractivity contribution >= 4 is 5.82 Å². The molecule has 1 aliphatic heterocycles. The molecule has 0 spiro atoms. The summed E-state index contributed by atoms with van der Waals surface area (Å²) in [6, 6.07) is 0.798. The van der Waals surface area contributed by atoms with Crippen LogP contribution >= 0.6 is 0 Å². The van der Waals surface area contributed by atoms with Crippen molar-refractivity contribution in [1.29, 1.82) is 0 Å². The third-order valence-electron chi connectivity index (χ3n) is 4.98. The number of nitrogens with zero attached hydrogens (tertiary/aromatic N) is 3. The summed E-state index contributed by atoms with van der Waals surface area (Å²) in [5, 5.41) is 3.28. The van der Waals surface area contributed by atoms with Crippen LogP contribution in [0.25, 0.3) is 0 Å². The largest absolute Gasteiger partial charge is 0.369 e. The van der Waals surface area contributed by atoms with Crippen LogP contribution in [-0.2, 0) is 6.54 Å². The molecule has 0 amide bonds. The average molecular weight is 288 g/mol. The lowest BCUT2D eigenvalue weighted by atomic mass is 9.96. The molecule has 0 aromatic carbocycles. The van der Waals surface area contributed by atoms with Gasteiger partial charge in [0.15, 0.2) is 0 Å². The van der Waals surface area contributed by atoms with Crippen LogP contribution in [0.1, 0.15) is 57.6 Å². The zero-order valence-corrected chi connectivity index (χ0v) is 13.2. The summed E-state index contributed by atoms with van der Waals surface area (Å²) >= 11 is 0. The van der Waals surface area contributed by atoms with Gasteiger partial charge in [0.25, 0.3) is 0 Å². The Morgan fingerprint density at radius 1 is 1.14 bits per heavy atom. The fraction of sp³-hybridized carbons (Fsp3) is 0.765. The van der Waals surface area contributed by atoms with Crippen molar-refractivity contribution in [2.75, 3.05) is 18.4 Å². The molecule has 1 saturated carbocycles. The average Bonchev–Trinajstić information content (AvgIpc) is 3.17. The SMILES string of the molecule is CCCNc1cnc(CN2CCCC2C2CCCC2)cn1. The van der Waals surface area contributed by atoms with E-state index in [4.69, 9.17) is 0 Å². The molecule has 1 unspecified atom stereocenters. The van der Waals surface area contributed by atoms with Gasteiger partial charge in [-0.3, -0.25) is 9.88 Å². The predicted octanol–water partition coefficient (Wildman–Crippen LogP) is 3.45. The Balaban J connectivity index is 1.57. The van der Waals surface area contributed by atoms with E-state index in [9.17, 15) is 0 Å². The summed E-state index contributed by atoms with van der Waals surface area (Å²) in [6.07, 6.45) is 13.4. The first-order valence-corrected chi connectivity index (χ1v) is 8.65. The van der Waals surface area contributed by atoms with E-state index >= 15 is 0 Å². The quantitative estimate of drug-likeness (QED) is 0.870. The van der Waals surface area contributed by atoms with Crippen LogP contribution in [0.4, 0.5) is 5.82 Å². The van der Waals surface area contributed by atoms with Gasteiger partial charge in [0.2, 0.25) is 0 Å². The highest BCUT2D eigenvalue weighted by Crippen LogP contribution is 2.35. The van der Waals surface area contributed by atoms with E-state index in [2.05, 4.69) is 27.1 Å². The molecule has 2 heterocycles. The van der Waals surface area contributed by atoms with Crippen molar-refractivity contribution in [1.82, 2.24) is 14.9 Å². The Bertz CT molecular complexity index is 425. The molecule has 1 atom stereocenters. The van der Waals surface area contributed by atoms with Gasteiger partial charge in [0.05, 0.1) is 18.1 Å². The summed E-state index contributed by atoms with van der Waals surface area (Å²) in [4.78, 5) is 11.7. The van der Waals surface area contributed by atoms with Crippen molar-refractivity contribution in [2.24, 2.45) is 5.92 Å². The molecule has 2 aliphatic rings. The molecule has 116 valence electrons. The number of anilines is 1. The van der Waals surface area contributed by atoms with E-state index in [1.807, 2.05) is 12.4 Å². The van der Waals surface area contributed by atoms with Crippen LogP contribution in [0.3, 0.4) is 0 Å². The zero-order valence-electron chi connectivity index (χ0n) is 13.2. The standard InChI is InChI=1S/C17H28N4/c1-2-9-18-17-12-19-15(11-20-17)13-21-10-5-8-16(21)14-6-3-4-7-14/h11-12,14,16H,2-10,13H2,1H3,(H,18,20). The van der Waals surface area contributed by atoms with E-state index in [0.717, 1.165) is 43.0 Å². The van der Waals surface area contributed by atoms with Gasteiger partial charge in [-0.2, -0.15) is 0 Å². The first kappa shape index (κ1) is 14.8. The maximum Gasteiger partial charge on any atom is 0.144 e. The first-order chi connectivity index (χ1) is 10.4. The van der Waals surface area contributed by atoms with E-state index in [1.165, 1.54) is 45.1 Å². The van der Waals surface area contributed by atoms with Crippen molar-refractivity contribution in [3.8, 4) is 0 Å². The molecular weight excluding hydrogens is 260 g/mol. The minimum absolute atomic E-state index is 0.798. The fourth-order valence-corrected chi connectivity index (χ4v) is 3.91. The van der Waals surface area contributed by atoms with Crippen molar-refractivity contribution in [2.45, 2.75) is 64.5 Å². The van der Waals surface area contributed by atoms with Gasteiger partial charge in [0, 0.05) is 19.1 Å².